The van der Waals surface area contributed by atoms with Gasteiger partial charge in [0.2, 0.25) is 11.8 Å². The zero-order valence-electron chi connectivity index (χ0n) is 16.7. The maximum Gasteiger partial charge on any atom is 0.248 e. The predicted molar refractivity (Wildman–Crippen MR) is 109 cm³/mol. The van der Waals surface area contributed by atoms with Gasteiger partial charge in [-0.1, -0.05) is 54.6 Å². The number of aliphatic hydroxyl groups is 1. The number of benzene rings is 2. The van der Waals surface area contributed by atoms with E-state index < -0.39 is 5.54 Å². The van der Waals surface area contributed by atoms with E-state index in [-0.39, 0.29) is 37.0 Å². The van der Waals surface area contributed by atoms with E-state index in [1.165, 1.54) is 14.0 Å². The highest BCUT2D eigenvalue weighted by Gasteiger charge is 2.67. The lowest BCUT2D eigenvalue weighted by atomic mass is 9.60. The van der Waals surface area contributed by atoms with Gasteiger partial charge in [-0.25, -0.2) is 0 Å². The number of hydrogen-bond donors (Lipinski definition) is 1. The topological polar surface area (TPSA) is 70.1 Å². The number of nitrogens with zero attached hydrogens (tertiary/aromatic N) is 2. The summed E-state index contributed by atoms with van der Waals surface area (Å²) in [6.07, 6.45) is 0. The van der Waals surface area contributed by atoms with Gasteiger partial charge in [0.25, 0.3) is 0 Å². The molecule has 0 bridgehead atoms. The van der Waals surface area contributed by atoms with Crippen molar-refractivity contribution in [1.82, 2.24) is 9.80 Å². The molecule has 2 atom stereocenters. The van der Waals surface area contributed by atoms with E-state index in [1.807, 2.05) is 18.2 Å². The number of hydrogen-bond acceptors (Lipinski definition) is 4. The fourth-order valence-electron chi connectivity index (χ4n) is 5.04. The molecule has 2 heterocycles. The molecule has 4 rings (SSSR count). The smallest absolute Gasteiger partial charge is 0.248 e. The summed E-state index contributed by atoms with van der Waals surface area (Å²) in [4.78, 5) is 28.0. The molecule has 152 valence electrons. The number of rotatable bonds is 5. The third kappa shape index (κ3) is 3.12. The van der Waals surface area contributed by atoms with E-state index in [1.54, 1.807) is 9.80 Å². The van der Waals surface area contributed by atoms with Gasteiger partial charge >= 0.3 is 0 Å². The van der Waals surface area contributed by atoms with Crippen LogP contribution in [-0.2, 0) is 14.3 Å². The Balaban J connectivity index is 1.61. The second-order valence-corrected chi connectivity index (χ2v) is 7.89. The number of ether oxygens (including phenoxy) is 1. The van der Waals surface area contributed by atoms with Gasteiger partial charge in [-0.3, -0.25) is 9.59 Å². The van der Waals surface area contributed by atoms with Crippen LogP contribution in [0, 0.1) is 0 Å². The number of methoxy groups -OCH3 is 1. The van der Waals surface area contributed by atoms with Crippen LogP contribution >= 0.6 is 0 Å². The number of aliphatic hydroxyl groups excluding tert-OH is 1. The third-order valence-electron chi connectivity index (χ3n) is 6.23. The van der Waals surface area contributed by atoms with Gasteiger partial charge in [0.1, 0.15) is 6.61 Å². The lowest BCUT2D eigenvalue weighted by molar-refractivity contribution is -0.202. The first kappa shape index (κ1) is 19.6. The molecule has 0 saturated carbocycles. The molecule has 0 aromatic heterocycles. The van der Waals surface area contributed by atoms with Crippen molar-refractivity contribution >= 4 is 11.8 Å². The lowest BCUT2D eigenvalue weighted by Crippen LogP contribution is -2.85. The Kier molecular flexibility index (Phi) is 5.15. The van der Waals surface area contributed by atoms with Crippen LogP contribution in [0.5, 0.6) is 0 Å². The summed E-state index contributed by atoms with van der Waals surface area (Å²) in [7, 11) is 1.50. The van der Waals surface area contributed by atoms with Crippen molar-refractivity contribution in [2.45, 2.75) is 24.4 Å². The molecule has 6 heteroatoms. The maximum atomic E-state index is 12.3. The van der Waals surface area contributed by atoms with Crippen LogP contribution in [0.1, 0.15) is 18.4 Å². The molecule has 2 fully saturated rings. The fraction of sp³-hybridized carbons (Fsp3) is 0.391. The molecular formula is C23H26N2O4. The molecule has 0 unspecified atom stereocenters. The van der Waals surface area contributed by atoms with E-state index >= 15 is 0 Å². The molecule has 6 nitrogen and oxygen atoms in total. The largest absolute Gasteiger partial charge is 0.394 e. The first-order chi connectivity index (χ1) is 14.0. The third-order valence-corrected chi connectivity index (χ3v) is 6.23. The van der Waals surface area contributed by atoms with Gasteiger partial charge in [-0.15, -0.1) is 0 Å². The Hall–Kier alpha value is -2.70. The first-order valence-corrected chi connectivity index (χ1v) is 9.84. The standard InChI is InChI=1S/C23H26N2O4/c1-16(27)25-20(12-26)22(23(25)14-24(15-23)21(28)13-29-2)19-10-8-18(9-11-19)17-6-4-3-5-7-17/h3-11,20,22,26H,12-15H2,1-2H3/t20-,22+/m1/s1. The number of carbonyl (C=O) groups is 2. The maximum absolute atomic E-state index is 12.3. The minimum atomic E-state index is -0.448. The molecule has 1 N–H and O–H groups in total. The van der Waals surface area contributed by atoms with E-state index in [0.717, 1.165) is 16.7 Å². The molecule has 2 amide bonds. The predicted octanol–water partition coefficient (Wildman–Crippen LogP) is 1.89. The Morgan fingerprint density at radius 1 is 1.07 bits per heavy atom. The van der Waals surface area contributed by atoms with Crippen molar-refractivity contribution in [3.8, 4) is 11.1 Å². The molecular weight excluding hydrogens is 368 g/mol. The quantitative estimate of drug-likeness (QED) is 0.841. The second-order valence-electron chi connectivity index (χ2n) is 7.89. The van der Waals surface area contributed by atoms with E-state index in [0.29, 0.717) is 13.1 Å². The van der Waals surface area contributed by atoms with Crippen molar-refractivity contribution in [3.63, 3.8) is 0 Å². The van der Waals surface area contributed by atoms with Gasteiger partial charge in [0, 0.05) is 33.0 Å². The minimum Gasteiger partial charge on any atom is -0.394 e. The highest BCUT2D eigenvalue weighted by atomic mass is 16.5. The van der Waals surface area contributed by atoms with Gasteiger partial charge in [0.15, 0.2) is 0 Å². The van der Waals surface area contributed by atoms with Crippen molar-refractivity contribution in [3.05, 3.63) is 60.2 Å². The Bertz CT molecular complexity index is 891. The van der Waals surface area contributed by atoms with Crippen molar-refractivity contribution in [2.24, 2.45) is 0 Å². The summed E-state index contributed by atoms with van der Waals surface area (Å²) < 4.78 is 4.95. The zero-order valence-corrected chi connectivity index (χ0v) is 16.7. The monoisotopic (exact) mass is 394 g/mol. The van der Waals surface area contributed by atoms with Crippen LogP contribution < -0.4 is 0 Å². The van der Waals surface area contributed by atoms with Gasteiger partial charge in [-0.05, 0) is 16.7 Å². The van der Waals surface area contributed by atoms with Gasteiger partial charge in [-0.2, -0.15) is 0 Å². The average molecular weight is 394 g/mol. The van der Waals surface area contributed by atoms with E-state index in [2.05, 4.69) is 36.4 Å². The molecule has 2 aromatic rings. The molecule has 0 aliphatic carbocycles. The molecule has 2 aliphatic heterocycles. The van der Waals surface area contributed by atoms with Crippen LogP contribution in [0.15, 0.2) is 54.6 Å². The van der Waals surface area contributed by atoms with Crippen molar-refractivity contribution in [1.29, 1.82) is 0 Å². The zero-order chi connectivity index (χ0) is 20.6. The normalized spacial score (nSPS) is 22.2. The van der Waals surface area contributed by atoms with Crippen LogP contribution in [0.3, 0.4) is 0 Å². The van der Waals surface area contributed by atoms with Crippen LogP contribution in [0.2, 0.25) is 0 Å². The van der Waals surface area contributed by atoms with E-state index in [4.69, 9.17) is 4.74 Å². The fourth-order valence-corrected chi connectivity index (χ4v) is 5.04. The molecule has 2 aliphatic rings. The Morgan fingerprint density at radius 2 is 1.69 bits per heavy atom. The SMILES string of the molecule is COCC(=O)N1CC2(C1)[C@@H](c1ccc(-c3ccccc3)cc1)[C@@H](CO)N2C(C)=O. The molecule has 2 aromatic carbocycles. The molecule has 1 spiro atoms. The van der Waals surface area contributed by atoms with Crippen LogP contribution in [0.4, 0.5) is 0 Å². The number of likely N-dealkylation sites (tertiary alicyclic amines) is 2. The Labute approximate surface area is 170 Å². The number of carbonyl (C=O) groups excluding carboxylic acids is 2. The van der Waals surface area contributed by atoms with Crippen molar-refractivity contribution in [2.75, 3.05) is 33.4 Å². The summed E-state index contributed by atoms with van der Waals surface area (Å²) in [6, 6.07) is 18.2. The summed E-state index contributed by atoms with van der Waals surface area (Å²) in [5.74, 6) is -0.153. The summed E-state index contributed by atoms with van der Waals surface area (Å²) in [5, 5.41) is 9.99. The second kappa shape index (κ2) is 7.61. The first-order valence-electron chi connectivity index (χ1n) is 9.84. The highest BCUT2D eigenvalue weighted by molar-refractivity contribution is 5.82. The summed E-state index contributed by atoms with van der Waals surface area (Å²) in [6.45, 7) is 2.40. The lowest BCUT2D eigenvalue weighted by Gasteiger charge is -2.70. The Morgan fingerprint density at radius 3 is 2.24 bits per heavy atom. The average Bonchev–Trinajstić information content (AvgIpc) is 2.67. The molecule has 0 radical (unpaired) electrons. The van der Waals surface area contributed by atoms with Crippen LogP contribution in [0.25, 0.3) is 11.1 Å². The molecule has 29 heavy (non-hydrogen) atoms. The summed E-state index contributed by atoms with van der Waals surface area (Å²) >= 11 is 0. The van der Waals surface area contributed by atoms with E-state index in [9.17, 15) is 14.7 Å². The highest BCUT2D eigenvalue weighted by Crippen LogP contribution is 2.53. The van der Waals surface area contributed by atoms with Gasteiger partial charge in [0.05, 0.1) is 18.2 Å². The van der Waals surface area contributed by atoms with Crippen LogP contribution in [-0.4, -0.2) is 71.7 Å². The molecule has 2 saturated heterocycles. The minimum absolute atomic E-state index is 0.00665. The summed E-state index contributed by atoms with van der Waals surface area (Å²) in [5.41, 5.74) is 2.90. The van der Waals surface area contributed by atoms with Gasteiger partial charge < -0.3 is 19.6 Å². The van der Waals surface area contributed by atoms with Crippen molar-refractivity contribution < 1.29 is 19.4 Å². The number of amides is 2.